The standard InChI is InChI=1S/C13H20N2O/c1-15(10-11-4-3-9-14-11)12-5-7-13(16-2)8-6-12/h5-8,11,14H,3-4,9-10H2,1-2H3. The van der Waals surface area contributed by atoms with E-state index in [1.807, 2.05) is 12.1 Å². The number of methoxy groups -OCH3 is 1. The Hall–Kier alpha value is -1.22. The fraction of sp³-hybridized carbons (Fsp3) is 0.538. The minimum atomic E-state index is 0.645. The zero-order valence-electron chi connectivity index (χ0n) is 10.1. The smallest absolute Gasteiger partial charge is 0.119 e. The van der Waals surface area contributed by atoms with Gasteiger partial charge in [-0.3, -0.25) is 0 Å². The van der Waals surface area contributed by atoms with Gasteiger partial charge in [-0.2, -0.15) is 0 Å². The van der Waals surface area contributed by atoms with Crippen LogP contribution >= 0.6 is 0 Å². The van der Waals surface area contributed by atoms with Gasteiger partial charge in [0.15, 0.2) is 0 Å². The molecule has 0 aliphatic carbocycles. The van der Waals surface area contributed by atoms with E-state index in [1.54, 1.807) is 7.11 Å². The molecule has 1 aromatic carbocycles. The summed E-state index contributed by atoms with van der Waals surface area (Å²) in [5, 5.41) is 3.51. The Bertz CT molecular complexity index is 317. The Morgan fingerprint density at radius 2 is 2.12 bits per heavy atom. The first-order valence-electron chi connectivity index (χ1n) is 5.88. The van der Waals surface area contributed by atoms with Crippen LogP contribution in [0.5, 0.6) is 5.75 Å². The minimum absolute atomic E-state index is 0.645. The first-order chi connectivity index (χ1) is 7.79. The topological polar surface area (TPSA) is 24.5 Å². The van der Waals surface area contributed by atoms with Gasteiger partial charge in [0, 0.05) is 25.3 Å². The molecule has 0 saturated carbocycles. The second-order valence-electron chi connectivity index (χ2n) is 4.37. The van der Waals surface area contributed by atoms with E-state index < -0.39 is 0 Å². The number of hydrogen-bond acceptors (Lipinski definition) is 3. The van der Waals surface area contributed by atoms with Gasteiger partial charge in [0.1, 0.15) is 5.75 Å². The van der Waals surface area contributed by atoms with E-state index in [0.29, 0.717) is 6.04 Å². The monoisotopic (exact) mass is 220 g/mol. The average Bonchev–Trinajstić information content (AvgIpc) is 2.82. The molecule has 1 unspecified atom stereocenters. The van der Waals surface area contributed by atoms with Crippen LogP contribution in [0.1, 0.15) is 12.8 Å². The van der Waals surface area contributed by atoms with Gasteiger partial charge in [0.2, 0.25) is 0 Å². The Balaban J connectivity index is 1.94. The summed E-state index contributed by atoms with van der Waals surface area (Å²) in [7, 11) is 3.84. The van der Waals surface area contributed by atoms with Crippen molar-refractivity contribution in [2.24, 2.45) is 0 Å². The predicted molar refractivity (Wildman–Crippen MR) is 67.3 cm³/mol. The number of ether oxygens (including phenoxy) is 1. The van der Waals surface area contributed by atoms with Gasteiger partial charge in [0.05, 0.1) is 7.11 Å². The lowest BCUT2D eigenvalue weighted by atomic mass is 10.2. The predicted octanol–water partition coefficient (Wildman–Crippen LogP) is 1.88. The number of likely N-dealkylation sites (N-methyl/N-ethyl adjacent to an activating group) is 1. The van der Waals surface area contributed by atoms with E-state index in [4.69, 9.17) is 4.74 Å². The van der Waals surface area contributed by atoms with E-state index in [9.17, 15) is 0 Å². The van der Waals surface area contributed by atoms with Gasteiger partial charge in [-0.15, -0.1) is 0 Å². The van der Waals surface area contributed by atoms with Crippen LogP contribution in [0.3, 0.4) is 0 Å². The third kappa shape index (κ3) is 2.67. The first-order valence-corrected chi connectivity index (χ1v) is 5.88. The SMILES string of the molecule is COc1ccc(N(C)CC2CCCN2)cc1. The molecule has 1 saturated heterocycles. The largest absolute Gasteiger partial charge is 0.497 e. The van der Waals surface area contributed by atoms with Gasteiger partial charge >= 0.3 is 0 Å². The second-order valence-corrected chi connectivity index (χ2v) is 4.37. The van der Waals surface area contributed by atoms with Crippen molar-refractivity contribution in [2.75, 3.05) is 32.1 Å². The number of nitrogens with one attached hydrogen (secondary N) is 1. The molecule has 3 heteroatoms. The Morgan fingerprint density at radius 1 is 1.38 bits per heavy atom. The highest BCUT2D eigenvalue weighted by Gasteiger charge is 2.15. The van der Waals surface area contributed by atoms with Gasteiger partial charge in [0.25, 0.3) is 0 Å². The molecule has 2 rings (SSSR count). The lowest BCUT2D eigenvalue weighted by Crippen LogP contribution is -2.35. The molecule has 1 N–H and O–H groups in total. The van der Waals surface area contributed by atoms with Crippen molar-refractivity contribution in [1.29, 1.82) is 0 Å². The van der Waals surface area contributed by atoms with E-state index in [2.05, 4.69) is 29.4 Å². The molecule has 88 valence electrons. The Labute approximate surface area is 97.4 Å². The van der Waals surface area contributed by atoms with Crippen molar-refractivity contribution in [3.8, 4) is 5.75 Å². The van der Waals surface area contributed by atoms with Crippen LogP contribution in [0.2, 0.25) is 0 Å². The molecule has 3 nitrogen and oxygen atoms in total. The quantitative estimate of drug-likeness (QED) is 0.838. The van der Waals surface area contributed by atoms with Crippen LogP contribution in [0.15, 0.2) is 24.3 Å². The lowest BCUT2D eigenvalue weighted by molar-refractivity contribution is 0.415. The Morgan fingerprint density at radius 3 is 2.69 bits per heavy atom. The second kappa shape index (κ2) is 5.21. The van der Waals surface area contributed by atoms with E-state index in [1.165, 1.54) is 25.1 Å². The van der Waals surface area contributed by atoms with E-state index in [-0.39, 0.29) is 0 Å². The molecule has 1 aromatic rings. The molecule has 1 aliphatic rings. The first kappa shape index (κ1) is 11.3. The molecule has 16 heavy (non-hydrogen) atoms. The van der Waals surface area contributed by atoms with Crippen LogP contribution < -0.4 is 15.0 Å². The molecule has 0 bridgehead atoms. The fourth-order valence-corrected chi connectivity index (χ4v) is 2.19. The molecule has 1 fully saturated rings. The van der Waals surface area contributed by atoms with Crippen LogP contribution in [-0.4, -0.2) is 33.3 Å². The van der Waals surface area contributed by atoms with Gasteiger partial charge in [-0.25, -0.2) is 0 Å². The summed E-state index contributed by atoms with van der Waals surface area (Å²) in [4.78, 5) is 2.29. The van der Waals surface area contributed by atoms with Gasteiger partial charge < -0.3 is 15.0 Å². The van der Waals surface area contributed by atoms with Crippen LogP contribution in [-0.2, 0) is 0 Å². The number of nitrogens with zero attached hydrogens (tertiary/aromatic N) is 1. The highest BCUT2D eigenvalue weighted by molar-refractivity contribution is 5.48. The molecule has 0 aromatic heterocycles. The van der Waals surface area contributed by atoms with Crippen molar-refractivity contribution in [3.05, 3.63) is 24.3 Å². The number of benzene rings is 1. The summed E-state index contributed by atoms with van der Waals surface area (Å²) in [6.45, 7) is 2.24. The summed E-state index contributed by atoms with van der Waals surface area (Å²) in [6, 6.07) is 8.87. The normalized spacial score (nSPS) is 19.8. The fourth-order valence-electron chi connectivity index (χ4n) is 2.19. The average molecular weight is 220 g/mol. The molecule has 1 heterocycles. The molecule has 0 amide bonds. The maximum Gasteiger partial charge on any atom is 0.119 e. The maximum absolute atomic E-state index is 5.15. The third-order valence-corrected chi connectivity index (χ3v) is 3.17. The molecular weight excluding hydrogens is 200 g/mol. The van der Waals surface area contributed by atoms with Crippen molar-refractivity contribution in [1.82, 2.24) is 5.32 Å². The Kier molecular flexibility index (Phi) is 3.67. The van der Waals surface area contributed by atoms with E-state index in [0.717, 1.165) is 12.3 Å². The molecule has 1 atom stereocenters. The van der Waals surface area contributed by atoms with Crippen LogP contribution in [0, 0.1) is 0 Å². The van der Waals surface area contributed by atoms with Crippen molar-refractivity contribution < 1.29 is 4.74 Å². The lowest BCUT2D eigenvalue weighted by Gasteiger charge is -2.23. The minimum Gasteiger partial charge on any atom is -0.497 e. The zero-order chi connectivity index (χ0) is 11.4. The van der Waals surface area contributed by atoms with Gasteiger partial charge in [-0.05, 0) is 43.7 Å². The summed E-state index contributed by atoms with van der Waals surface area (Å²) in [5.74, 6) is 0.913. The summed E-state index contributed by atoms with van der Waals surface area (Å²) in [5.41, 5.74) is 1.24. The molecule has 0 radical (unpaired) electrons. The summed E-state index contributed by atoms with van der Waals surface area (Å²) in [6.07, 6.45) is 2.60. The van der Waals surface area contributed by atoms with Crippen molar-refractivity contribution in [2.45, 2.75) is 18.9 Å². The highest BCUT2D eigenvalue weighted by atomic mass is 16.5. The number of anilines is 1. The van der Waals surface area contributed by atoms with E-state index >= 15 is 0 Å². The zero-order valence-corrected chi connectivity index (χ0v) is 10.1. The van der Waals surface area contributed by atoms with Crippen LogP contribution in [0.4, 0.5) is 5.69 Å². The summed E-state index contributed by atoms with van der Waals surface area (Å²) >= 11 is 0. The molecule has 1 aliphatic heterocycles. The van der Waals surface area contributed by atoms with Crippen molar-refractivity contribution >= 4 is 5.69 Å². The van der Waals surface area contributed by atoms with Crippen LogP contribution in [0.25, 0.3) is 0 Å². The number of hydrogen-bond donors (Lipinski definition) is 1. The van der Waals surface area contributed by atoms with Gasteiger partial charge in [-0.1, -0.05) is 0 Å². The molecule has 0 spiro atoms. The maximum atomic E-state index is 5.15. The third-order valence-electron chi connectivity index (χ3n) is 3.17. The number of rotatable bonds is 4. The molecular formula is C13H20N2O. The van der Waals surface area contributed by atoms with Crippen molar-refractivity contribution in [3.63, 3.8) is 0 Å². The highest BCUT2D eigenvalue weighted by Crippen LogP contribution is 2.19. The summed E-state index contributed by atoms with van der Waals surface area (Å²) < 4.78 is 5.15.